The van der Waals surface area contributed by atoms with Crippen LogP contribution in [0.4, 0.5) is 0 Å². The van der Waals surface area contributed by atoms with Crippen LogP contribution in [0, 0.1) is 5.92 Å². The Morgan fingerprint density at radius 2 is 1.84 bits per heavy atom. The molecule has 1 unspecified atom stereocenters. The van der Waals surface area contributed by atoms with Crippen LogP contribution in [0.1, 0.15) is 24.2 Å². The highest BCUT2D eigenvalue weighted by Gasteiger charge is 2.12. The van der Waals surface area contributed by atoms with Crippen molar-refractivity contribution >= 4 is 28.3 Å². The highest BCUT2D eigenvalue weighted by molar-refractivity contribution is 6.21. The quantitative estimate of drug-likeness (QED) is 0.844. The fraction of sp³-hybridized carbons (Fsp3) is 0.312. The molecule has 2 aromatic carbocycles. The van der Waals surface area contributed by atoms with Crippen molar-refractivity contribution in [2.24, 2.45) is 5.92 Å². The molecule has 19 heavy (non-hydrogen) atoms. The van der Waals surface area contributed by atoms with Gasteiger partial charge in [0.25, 0.3) is 5.91 Å². The van der Waals surface area contributed by atoms with Crippen molar-refractivity contribution in [3.8, 4) is 0 Å². The van der Waals surface area contributed by atoms with E-state index in [4.69, 9.17) is 11.6 Å². The molecule has 2 aromatic rings. The first-order chi connectivity index (χ1) is 9.08. The number of hydrogen-bond donors (Lipinski definition) is 1. The molecule has 0 saturated heterocycles. The van der Waals surface area contributed by atoms with Crippen molar-refractivity contribution in [3.63, 3.8) is 0 Å². The van der Waals surface area contributed by atoms with Gasteiger partial charge in [-0.05, 0) is 28.8 Å². The molecule has 1 atom stereocenters. The van der Waals surface area contributed by atoms with Crippen molar-refractivity contribution in [2.45, 2.75) is 19.2 Å². The summed E-state index contributed by atoms with van der Waals surface area (Å²) in [5, 5.41) is 5.04. The van der Waals surface area contributed by atoms with Gasteiger partial charge in [0.2, 0.25) is 0 Å². The molecular weight excluding hydrogens is 258 g/mol. The summed E-state index contributed by atoms with van der Waals surface area (Å²) < 4.78 is 0. The summed E-state index contributed by atoms with van der Waals surface area (Å²) >= 11 is 6.13. The van der Waals surface area contributed by atoms with Gasteiger partial charge in [-0.1, -0.05) is 44.2 Å². The zero-order valence-corrected chi connectivity index (χ0v) is 11.9. The van der Waals surface area contributed by atoms with E-state index in [1.807, 2.05) is 56.3 Å². The molecule has 0 saturated carbocycles. The average molecular weight is 276 g/mol. The van der Waals surface area contributed by atoms with Gasteiger partial charge < -0.3 is 5.32 Å². The Labute approximate surface area is 118 Å². The number of carbonyl (C=O) groups excluding carboxylic acids is 1. The second kappa shape index (κ2) is 6.07. The molecule has 0 spiro atoms. The summed E-state index contributed by atoms with van der Waals surface area (Å²) in [5.41, 5.74) is 0.673. The van der Waals surface area contributed by atoms with Crippen LogP contribution in [0.5, 0.6) is 0 Å². The molecule has 0 fully saturated rings. The number of amides is 1. The van der Waals surface area contributed by atoms with E-state index in [1.165, 1.54) is 0 Å². The number of alkyl halides is 1. The van der Waals surface area contributed by atoms with Gasteiger partial charge in [0, 0.05) is 12.1 Å². The van der Waals surface area contributed by atoms with E-state index in [-0.39, 0.29) is 11.3 Å². The van der Waals surface area contributed by atoms with E-state index in [0.717, 1.165) is 10.8 Å². The van der Waals surface area contributed by atoms with E-state index in [9.17, 15) is 4.79 Å². The van der Waals surface area contributed by atoms with Crippen LogP contribution in [0.25, 0.3) is 10.8 Å². The molecule has 2 nitrogen and oxygen atoms in total. The molecule has 3 heteroatoms. The van der Waals surface area contributed by atoms with Crippen LogP contribution in [0.15, 0.2) is 42.5 Å². The lowest BCUT2D eigenvalue weighted by Gasteiger charge is -2.14. The van der Waals surface area contributed by atoms with Crippen LogP contribution in [0.2, 0.25) is 0 Å². The molecule has 0 bridgehead atoms. The molecular formula is C16H18ClNO. The summed E-state index contributed by atoms with van der Waals surface area (Å²) in [5.74, 6) is 0.274. The minimum absolute atomic E-state index is 0.0376. The van der Waals surface area contributed by atoms with Crippen molar-refractivity contribution in [3.05, 3.63) is 48.0 Å². The average Bonchev–Trinajstić information content (AvgIpc) is 2.43. The summed E-state index contributed by atoms with van der Waals surface area (Å²) in [6.45, 7) is 4.57. The maximum Gasteiger partial charge on any atom is 0.251 e. The van der Waals surface area contributed by atoms with Crippen LogP contribution >= 0.6 is 11.6 Å². The molecule has 100 valence electrons. The lowest BCUT2D eigenvalue weighted by Crippen LogP contribution is -2.31. The van der Waals surface area contributed by atoms with E-state index in [0.29, 0.717) is 18.0 Å². The molecule has 0 radical (unpaired) electrons. The minimum Gasteiger partial charge on any atom is -0.351 e. The second-order valence-corrected chi connectivity index (χ2v) is 5.59. The Balaban J connectivity index is 2.09. The maximum absolute atomic E-state index is 12.0. The third kappa shape index (κ3) is 3.48. The summed E-state index contributed by atoms with van der Waals surface area (Å²) in [6.07, 6.45) is 0. The SMILES string of the molecule is CC(C)C(Cl)CNC(=O)c1ccc2ccccc2c1. The number of benzene rings is 2. The lowest BCUT2D eigenvalue weighted by molar-refractivity contribution is 0.0952. The Hall–Kier alpha value is -1.54. The van der Waals surface area contributed by atoms with Gasteiger partial charge >= 0.3 is 0 Å². The second-order valence-electron chi connectivity index (χ2n) is 5.03. The zero-order chi connectivity index (χ0) is 13.8. The molecule has 2 rings (SSSR count). The Morgan fingerprint density at radius 3 is 2.53 bits per heavy atom. The van der Waals surface area contributed by atoms with Gasteiger partial charge in [-0.15, -0.1) is 11.6 Å². The number of nitrogens with one attached hydrogen (secondary N) is 1. The Bertz CT molecular complexity index is 580. The van der Waals surface area contributed by atoms with Gasteiger partial charge in [-0.3, -0.25) is 4.79 Å². The molecule has 0 heterocycles. The molecule has 1 N–H and O–H groups in total. The smallest absolute Gasteiger partial charge is 0.251 e. The normalized spacial score (nSPS) is 12.6. The molecule has 0 aliphatic heterocycles. The summed E-state index contributed by atoms with van der Waals surface area (Å²) in [6, 6.07) is 13.7. The monoisotopic (exact) mass is 275 g/mol. The summed E-state index contributed by atoms with van der Waals surface area (Å²) in [7, 11) is 0. The number of halogens is 1. The highest BCUT2D eigenvalue weighted by Crippen LogP contribution is 2.15. The molecule has 1 amide bonds. The van der Waals surface area contributed by atoms with Gasteiger partial charge in [-0.25, -0.2) is 0 Å². The van der Waals surface area contributed by atoms with Gasteiger partial charge in [0.05, 0.1) is 5.38 Å². The van der Waals surface area contributed by atoms with Crippen molar-refractivity contribution in [1.29, 1.82) is 0 Å². The van der Waals surface area contributed by atoms with Crippen LogP contribution < -0.4 is 5.32 Å². The number of rotatable bonds is 4. The standard InChI is InChI=1S/C16H18ClNO/c1-11(2)15(17)10-18-16(19)14-8-7-12-5-3-4-6-13(12)9-14/h3-9,11,15H,10H2,1-2H3,(H,18,19). The van der Waals surface area contributed by atoms with Crippen LogP contribution in [0.3, 0.4) is 0 Å². The predicted octanol–water partition coefficient (Wildman–Crippen LogP) is 3.83. The number of carbonyl (C=O) groups is 1. The van der Waals surface area contributed by atoms with Gasteiger partial charge in [0.15, 0.2) is 0 Å². The van der Waals surface area contributed by atoms with Crippen molar-refractivity contribution < 1.29 is 4.79 Å². The summed E-state index contributed by atoms with van der Waals surface area (Å²) in [4.78, 5) is 12.0. The van der Waals surface area contributed by atoms with Gasteiger partial charge in [0.1, 0.15) is 0 Å². The van der Waals surface area contributed by atoms with Crippen LogP contribution in [-0.4, -0.2) is 17.8 Å². The first-order valence-electron chi connectivity index (χ1n) is 6.49. The van der Waals surface area contributed by atoms with E-state index in [1.54, 1.807) is 0 Å². The number of hydrogen-bond acceptors (Lipinski definition) is 1. The minimum atomic E-state index is -0.0722. The molecule has 0 aliphatic rings. The Kier molecular flexibility index (Phi) is 4.43. The topological polar surface area (TPSA) is 29.1 Å². The largest absolute Gasteiger partial charge is 0.351 e. The third-order valence-corrected chi connectivity index (χ3v) is 3.85. The van der Waals surface area contributed by atoms with E-state index < -0.39 is 0 Å². The maximum atomic E-state index is 12.0. The fourth-order valence-corrected chi connectivity index (χ4v) is 1.94. The molecule has 0 aliphatic carbocycles. The highest BCUT2D eigenvalue weighted by atomic mass is 35.5. The zero-order valence-electron chi connectivity index (χ0n) is 11.2. The molecule has 0 aromatic heterocycles. The Morgan fingerprint density at radius 1 is 1.16 bits per heavy atom. The number of fused-ring (bicyclic) bond motifs is 1. The van der Waals surface area contributed by atoms with Crippen LogP contribution in [-0.2, 0) is 0 Å². The van der Waals surface area contributed by atoms with Crippen molar-refractivity contribution in [2.75, 3.05) is 6.54 Å². The van der Waals surface area contributed by atoms with Crippen molar-refractivity contribution in [1.82, 2.24) is 5.32 Å². The third-order valence-electron chi connectivity index (χ3n) is 3.19. The lowest BCUT2D eigenvalue weighted by atomic mass is 10.1. The van der Waals surface area contributed by atoms with Gasteiger partial charge in [-0.2, -0.15) is 0 Å². The van der Waals surface area contributed by atoms with E-state index >= 15 is 0 Å². The first kappa shape index (κ1) is 13.9. The fourth-order valence-electron chi connectivity index (χ4n) is 1.86. The first-order valence-corrected chi connectivity index (χ1v) is 6.92. The predicted molar refractivity (Wildman–Crippen MR) is 80.8 cm³/mol. The van der Waals surface area contributed by atoms with E-state index in [2.05, 4.69) is 5.32 Å².